The summed E-state index contributed by atoms with van der Waals surface area (Å²) in [5.74, 6) is 1.92. The number of hydrogen-bond donors (Lipinski definition) is 0. The molecule has 0 atom stereocenters. The Morgan fingerprint density at radius 2 is 0.707 bits per heavy atom. The average Bonchev–Trinajstić information content (AvgIpc) is 3.32. The number of pyridine rings is 3. The van der Waals surface area contributed by atoms with Gasteiger partial charge < -0.3 is 0 Å². The van der Waals surface area contributed by atoms with Gasteiger partial charge in [0.05, 0.1) is 22.8 Å². The Labute approximate surface area is 336 Å². The molecule has 58 heavy (non-hydrogen) atoms. The lowest BCUT2D eigenvalue weighted by Gasteiger charge is -2.11. The minimum atomic E-state index is 0.633. The third-order valence-electron chi connectivity index (χ3n) is 10.3. The van der Waals surface area contributed by atoms with E-state index in [9.17, 15) is 0 Å². The molecular formula is C52H34N6. The fourth-order valence-corrected chi connectivity index (χ4v) is 7.16. The average molecular weight is 743 g/mol. The van der Waals surface area contributed by atoms with E-state index in [1.165, 1.54) is 10.8 Å². The van der Waals surface area contributed by atoms with Crippen molar-refractivity contribution in [1.82, 2.24) is 29.9 Å². The summed E-state index contributed by atoms with van der Waals surface area (Å²) in [5.41, 5.74) is 12.5. The molecule has 0 N–H and O–H groups in total. The zero-order valence-corrected chi connectivity index (χ0v) is 31.3. The Kier molecular flexibility index (Phi) is 9.10. The topological polar surface area (TPSA) is 77.3 Å². The smallest absolute Gasteiger partial charge is 0.164 e. The molecule has 0 aliphatic rings. The molecule has 0 saturated carbocycles. The van der Waals surface area contributed by atoms with E-state index in [0.717, 1.165) is 72.8 Å². The van der Waals surface area contributed by atoms with Crippen molar-refractivity contribution in [2.75, 3.05) is 0 Å². The van der Waals surface area contributed by atoms with Gasteiger partial charge >= 0.3 is 0 Å². The molecule has 4 aromatic heterocycles. The van der Waals surface area contributed by atoms with Crippen LogP contribution in [0.3, 0.4) is 0 Å². The maximum Gasteiger partial charge on any atom is 0.164 e. The van der Waals surface area contributed by atoms with Crippen LogP contribution in [0.4, 0.5) is 0 Å². The normalized spacial score (nSPS) is 11.1. The van der Waals surface area contributed by atoms with Crippen LogP contribution in [0, 0.1) is 0 Å². The third-order valence-corrected chi connectivity index (χ3v) is 10.3. The molecule has 0 bridgehead atoms. The van der Waals surface area contributed by atoms with Gasteiger partial charge in [-0.3, -0.25) is 9.97 Å². The van der Waals surface area contributed by atoms with E-state index in [4.69, 9.17) is 24.9 Å². The van der Waals surface area contributed by atoms with Crippen LogP contribution in [-0.4, -0.2) is 29.9 Å². The molecule has 0 aliphatic carbocycles. The highest BCUT2D eigenvalue weighted by Crippen LogP contribution is 2.33. The first kappa shape index (κ1) is 34.5. The lowest BCUT2D eigenvalue weighted by Crippen LogP contribution is -2.00. The van der Waals surface area contributed by atoms with Crippen LogP contribution in [0.15, 0.2) is 207 Å². The largest absolute Gasteiger partial charge is 0.255 e. The van der Waals surface area contributed by atoms with Gasteiger partial charge in [-0.25, -0.2) is 19.9 Å². The number of aromatic nitrogens is 6. The minimum Gasteiger partial charge on any atom is -0.255 e. The molecular weight excluding hydrogens is 709 g/mol. The third kappa shape index (κ3) is 7.14. The lowest BCUT2D eigenvalue weighted by atomic mass is 9.99. The first-order valence-electron chi connectivity index (χ1n) is 19.2. The highest BCUT2D eigenvalue weighted by molar-refractivity contribution is 5.88. The number of nitrogens with zero attached hydrogens (tertiary/aromatic N) is 6. The highest BCUT2D eigenvalue weighted by Gasteiger charge is 2.14. The quantitative estimate of drug-likeness (QED) is 0.154. The molecule has 4 heterocycles. The van der Waals surface area contributed by atoms with Gasteiger partial charge in [0.25, 0.3) is 0 Å². The molecule has 0 unspecified atom stereocenters. The van der Waals surface area contributed by atoms with Crippen LogP contribution in [0.1, 0.15) is 0 Å². The number of benzene rings is 6. The van der Waals surface area contributed by atoms with Gasteiger partial charge in [0.15, 0.2) is 17.5 Å². The maximum atomic E-state index is 5.04. The summed E-state index contributed by atoms with van der Waals surface area (Å²) < 4.78 is 0. The van der Waals surface area contributed by atoms with Crippen LogP contribution >= 0.6 is 0 Å². The molecule has 0 amide bonds. The second-order valence-corrected chi connectivity index (χ2v) is 14.0. The Morgan fingerprint density at radius 1 is 0.241 bits per heavy atom. The van der Waals surface area contributed by atoms with Crippen molar-refractivity contribution < 1.29 is 0 Å². The molecule has 272 valence electrons. The SMILES string of the molecule is c1ccc(-c2nc(-c3ccccc3)nc(-c3ccc(-c4ccc(-c5ccc(-c6cc(-c7ccc8ccccc8c7)cc(-c7ccccn7)n6)nc5)cc4)cc3)n2)cc1. The second-order valence-electron chi connectivity index (χ2n) is 14.0. The number of rotatable bonds is 8. The Bertz CT molecular complexity index is 2950. The van der Waals surface area contributed by atoms with Crippen LogP contribution < -0.4 is 0 Å². The molecule has 0 saturated heterocycles. The van der Waals surface area contributed by atoms with Gasteiger partial charge in [-0.05, 0) is 75.0 Å². The van der Waals surface area contributed by atoms with E-state index in [0.29, 0.717) is 17.5 Å². The van der Waals surface area contributed by atoms with Crippen LogP contribution in [-0.2, 0) is 0 Å². The molecule has 6 nitrogen and oxygen atoms in total. The van der Waals surface area contributed by atoms with Gasteiger partial charge in [0, 0.05) is 34.6 Å². The zero-order chi connectivity index (χ0) is 38.7. The number of fused-ring (bicyclic) bond motifs is 1. The first-order chi connectivity index (χ1) is 28.7. The fraction of sp³-hybridized carbons (Fsp3) is 0. The van der Waals surface area contributed by atoms with Crippen molar-refractivity contribution in [3.8, 4) is 90.3 Å². The zero-order valence-electron chi connectivity index (χ0n) is 31.3. The van der Waals surface area contributed by atoms with Gasteiger partial charge in [-0.2, -0.15) is 0 Å². The molecule has 6 heteroatoms. The van der Waals surface area contributed by atoms with Crippen LogP contribution in [0.5, 0.6) is 0 Å². The minimum absolute atomic E-state index is 0.633. The van der Waals surface area contributed by atoms with E-state index < -0.39 is 0 Å². The lowest BCUT2D eigenvalue weighted by molar-refractivity contribution is 1.07. The van der Waals surface area contributed by atoms with E-state index >= 15 is 0 Å². The van der Waals surface area contributed by atoms with Crippen molar-refractivity contribution in [3.63, 3.8) is 0 Å². The van der Waals surface area contributed by atoms with Crippen LogP contribution in [0.25, 0.3) is 101 Å². The van der Waals surface area contributed by atoms with E-state index in [2.05, 4.69) is 114 Å². The van der Waals surface area contributed by atoms with Crippen molar-refractivity contribution in [3.05, 3.63) is 207 Å². The summed E-state index contributed by atoms with van der Waals surface area (Å²) >= 11 is 0. The van der Waals surface area contributed by atoms with E-state index in [1.807, 2.05) is 91.1 Å². The van der Waals surface area contributed by atoms with Crippen LogP contribution in [0.2, 0.25) is 0 Å². The summed E-state index contributed by atoms with van der Waals surface area (Å²) in [6.45, 7) is 0. The summed E-state index contributed by atoms with van der Waals surface area (Å²) in [4.78, 5) is 29.1. The Hall–Kier alpha value is -7.96. The first-order valence-corrected chi connectivity index (χ1v) is 19.2. The fourth-order valence-electron chi connectivity index (χ4n) is 7.16. The van der Waals surface area contributed by atoms with E-state index in [-0.39, 0.29) is 0 Å². The summed E-state index contributed by atoms with van der Waals surface area (Å²) in [6, 6.07) is 66.3. The molecule has 10 aromatic rings. The molecule has 0 spiro atoms. The molecule has 0 aliphatic heterocycles. The second kappa shape index (κ2) is 15.3. The van der Waals surface area contributed by atoms with Crippen molar-refractivity contribution in [2.45, 2.75) is 0 Å². The molecule has 0 radical (unpaired) electrons. The van der Waals surface area contributed by atoms with Gasteiger partial charge in [0.2, 0.25) is 0 Å². The van der Waals surface area contributed by atoms with Gasteiger partial charge in [-0.1, -0.05) is 158 Å². The maximum absolute atomic E-state index is 5.04. The molecule has 10 rings (SSSR count). The summed E-state index contributed by atoms with van der Waals surface area (Å²) in [5, 5.41) is 2.40. The Morgan fingerprint density at radius 3 is 1.26 bits per heavy atom. The van der Waals surface area contributed by atoms with Crippen molar-refractivity contribution in [1.29, 1.82) is 0 Å². The van der Waals surface area contributed by atoms with Gasteiger partial charge in [0.1, 0.15) is 0 Å². The summed E-state index contributed by atoms with van der Waals surface area (Å²) in [7, 11) is 0. The van der Waals surface area contributed by atoms with Gasteiger partial charge in [-0.15, -0.1) is 0 Å². The standard InChI is InChI=1S/C52H34N6/c1-3-12-39(13-4-1)50-56-51(40-14-5-2-6-15-40)58-52(57-50)41-25-22-37(23-26-41)36-18-20-38(21-19-36)44-28-29-47(54-34-44)49-33-45(32-48(55-49)46-17-9-10-30-53-46)43-27-24-35-11-7-8-16-42(35)31-43/h1-34H. The predicted octanol–water partition coefficient (Wildman–Crippen LogP) is 12.5. The van der Waals surface area contributed by atoms with E-state index in [1.54, 1.807) is 6.20 Å². The molecule has 0 fully saturated rings. The van der Waals surface area contributed by atoms with Crippen molar-refractivity contribution >= 4 is 10.8 Å². The number of hydrogen-bond acceptors (Lipinski definition) is 6. The van der Waals surface area contributed by atoms with Crippen molar-refractivity contribution in [2.24, 2.45) is 0 Å². The Balaban J connectivity index is 0.913. The predicted molar refractivity (Wildman–Crippen MR) is 234 cm³/mol. The monoisotopic (exact) mass is 742 g/mol. The highest BCUT2D eigenvalue weighted by atomic mass is 15.0. The molecule has 6 aromatic carbocycles. The summed E-state index contributed by atoms with van der Waals surface area (Å²) in [6.07, 6.45) is 3.72.